The van der Waals surface area contributed by atoms with Gasteiger partial charge in [0, 0.05) is 25.9 Å². The SMILES string of the molecule is CN(C1CCC(=O)CC1)S(=O)(=O)c1cccc(C#N)c1. The molecule has 0 aromatic heterocycles. The van der Waals surface area contributed by atoms with Crippen LogP contribution in [0.15, 0.2) is 29.2 Å². The number of benzene rings is 1. The Hall–Kier alpha value is -1.71. The molecule has 1 saturated carbocycles. The van der Waals surface area contributed by atoms with Crippen LogP contribution in [0, 0.1) is 11.3 Å². The van der Waals surface area contributed by atoms with Crippen LogP contribution in [0.2, 0.25) is 0 Å². The summed E-state index contributed by atoms with van der Waals surface area (Å²) in [6.07, 6.45) is 1.99. The molecular weight excluding hydrogens is 276 g/mol. The molecule has 0 radical (unpaired) electrons. The van der Waals surface area contributed by atoms with Crippen molar-refractivity contribution < 1.29 is 13.2 Å². The lowest BCUT2D eigenvalue weighted by Gasteiger charge is -2.29. The molecule has 0 aliphatic heterocycles. The fourth-order valence-electron chi connectivity index (χ4n) is 2.38. The fraction of sp³-hybridized carbons (Fsp3) is 0.429. The Kier molecular flexibility index (Phi) is 4.21. The smallest absolute Gasteiger partial charge is 0.243 e. The zero-order chi connectivity index (χ0) is 14.8. The van der Waals surface area contributed by atoms with Crippen molar-refractivity contribution in [2.24, 2.45) is 0 Å². The maximum absolute atomic E-state index is 12.5. The first-order valence-corrected chi connectivity index (χ1v) is 7.89. The molecule has 106 valence electrons. The standard InChI is InChI=1S/C14H16N2O3S/c1-16(12-5-7-13(17)8-6-12)20(18,19)14-4-2-3-11(9-14)10-15/h2-4,9,12H,5-8H2,1H3. The largest absolute Gasteiger partial charge is 0.300 e. The van der Waals surface area contributed by atoms with Crippen LogP contribution in [0.1, 0.15) is 31.2 Å². The van der Waals surface area contributed by atoms with Gasteiger partial charge in [-0.05, 0) is 31.0 Å². The first-order chi connectivity index (χ1) is 9.45. The summed E-state index contributed by atoms with van der Waals surface area (Å²) < 4.78 is 26.4. The van der Waals surface area contributed by atoms with E-state index in [0.717, 1.165) is 0 Å². The highest BCUT2D eigenvalue weighted by molar-refractivity contribution is 7.89. The minimum atomic E-state index is -3.62. The summed E-state index contributed by atoms with van der Waals surface area (Å²) in [4.78, 5) is 11.4. The quantitative estimate of drug-likeness (QED) is 0.849. The first-order valence-electron chi connectivity index (χ1n) is 6.45. The maximum atomic E-state index is 12.5. The van der Waals surface area contributed by atoms with Crippen molar-refractivity contribution in [1.82, 2.24) is 4.31 Å². The van der Waals surface area contributed by atoms with Gasteiger partial charge >= 0.3 is 0 Å². The molecule has 1 aromatic rings. The van der Waals surface area contributed by atoms with Crippen LogP contribution < -0.4 is 0 Å². The number of carbonyl (C=O) groups is 1. The molecule has 0 unspecified atom stereocenters. The minimum absolute atomic E-state index is 0.121. The van der Waals surface area contributed by atoms with Gasteiger partial charge in [-0.25, -0.2) is 8.42 Å². The highest BCUT2D eigenvalue weighted by atomic mass is 32.2. The Morgan fingerprint density at radius 2 is 1.95 bits per heavy atom. The number of ketones is 1. The first kappa shape index (κ1) is 14.7. The van der Waals surface area contributed by atoms with Crippen LogP contribution in [0.3, 0.4) is 0 Å². The van der Waals surface area contributed by atoms with E-state index >= 15 is 0 Å². The predicted octanol–water partition coefficient (Wildman–Crippen LogP) is 1.69. The molecule has 0 spiro atoms. The average Bonchev–Trinajstić information content (AvgIpc) is 2.47. The van der Waals surface area contributed by atoms with E-state index in [1.54, 1.807) is 12.1 Å². The third kappa shape index (κ3) is 2.89. The predicted molar refractivity (Wildman–Crippen MR) is 73.4 cm³/mol. The third-order valence-electron chi connectivity index (χ3n) is 3.67. The number of rotatable bonds is 3. The van der Waals surface area contributed by atoms with Crippen molar-refractivity contribution >= 4 is 15.8 Å². The molecule has 0 saturated heterocycles. The van der Waals surface area contributed by atoms with E-state index in [-0.39, 0.29) is 16.7 Å². The van der Waals surface area contributed by atoms with Crippen molar-refractivity contribution in [1.29, 1.82) is 5.26 Å². The van der Waals surface area contributed by atoms with E-state index in [9.17, 15) is 13.2 Å². The molecule has 1 aromatic carbocycles. The molecular formula is C14H16N2O3S. The molecule has 0 bridgehead atoms. The molecule has 1 fully saturated rings. The average molecular weight is 292 g/mol. The number of hydrogen-bond acceptors (Lipinski definition) is 4. The second-order valence-electron chi connectivity index (χ2n) is 4.93. The lowest BCUT2D eigenvalue weighted by Crippen LogP contribution is -2.39. The van der Waals surface area contributed by atoms with Gasteiger partial charge in [-0.3, -0.25) is 4.79 Å². The molecule has 0 heterocycles. The van der Waals surface area contributed by atoms with Crippen LogP contribution in [0.4, 0.5) is 0 Å². The van der Waals surface area contributed by atoms with Crippen LogP contribution in [0.25, 0.3) is 0 Å². The molecule has 1 aliphatic carbocycles. The fourth-order valence-corrected chi connectivity index (χ4v) is 3.84. The zero-order valence-electron chi connectivity index (χ0n) is 11.2. The van der Waals surface area contributed by atoms with Crippen LogP contribution in [-0.4, -0.2) is 31.6 Å². The number of carbonyl (C=O) groups excluding carboxylic acids is 1. The third-order valence-corrected chi connectivity index (χ3v) is 5.57. The Labute approximate surface area is 118 Å². The van der Waals surface area contributed by atoms with Crippen molar-refractivity contribution in [3.05, 3.63) is 29.8 Å². The lowest BCUT2D eigenvalue weighted by atomic mass is 9.95. The van der Waals surface area contributed by atoms with Crippen molar-refractivity contribution in [2.75, 3.05) is 7.05 Å². The summed E-state index contributed by atoms with van der Waals surface area (Å²) in [5.41, 5.74) is 0.318. The Balaban J connectivity index is 2.25. The zero-order valence-corrected chi connectivity index (χ0v) is 12.1. The van der Waals surface area contributed by atoms with Gasteiger partial charge in [0.15, 0.2) is 0 Å². The molecule has 6 heteroatoms. The van der Waals surface area contributed by atoms with E-state index < -0.39 is 10.0 Å². The molecule has 20 heavy (non-hydrogen) atoms. The van der Waals surface area contributed by atoms with Gasteiger partial charge in [-0.1, -0.05) is 6.07 Å². The summed E-state index contributed by atoms with van der Waals surface area (Å²) in [5.74, 6) is 0.193. The Morgan fingerprint density at radius 1 is 1.30 bits per heavy atom. The number of sulfonamides is 1. The molecule has 1 aliphatic rings. The van der Waals surface area contributed by atoms with Gasteiger partial charge < -0.3 is 0 Å². The van der Waals surface area contributed by atoms with E-state index in [2.05, 4.69) is 0 Å². The highest BCUT2D eigenvalue weighted by Crippen LogP contribution is 2.25. The number of Topliss-reactive ketones (excluding diaryl/α,β-unsaturated/α-hetero) is 1. The molecule has 0 N–H and O–H groups in total. The monoisotopic (exact) mass is 292 g/mol. The number of nitrogens with zero attached hydrogens (tertiary/aromatic N) is 2. The molecule has 2 rings (SSSR count). The van der Waals surface area contributed by atoms with E-state index in [4.69, 9.17) is 5.26 Å². The van der Waals surface area contributed by atoms with E-state index in [1.807, 2.05) is 6.07 Å². The molecule has 0 atom stereocenters. The van der Waals surface area contributed by atoms with E-state index in [0.29, 0.717) is 31.2 Å². The molecule has 5 nitrogen and oxygen atoms in total. The van der Waals surface area contributed by atoms with Crippen LogP contribution in [-0.2, 0) is 14.8 Å². The summed E-state index contributed by atoms with van der Waals surface area (Å²) >= 11 is 0. The summed E-state index contributed by atoms with van der Waals surface area (Å²) in [5, 5.41) is 8.85. The summed E-state index contributed by atoms with van der Waals surface area (Å²) in [7, 11) is -2.08. The Bertz CT molecular complexity index is 651. The van der Waals surface area contributed by atoms with Gasteiger partial charge in [0.05, 0.1) is 16.5 Å². The van der Waals surface area contributed by atoms with Crippen LogP contribution >= 0.6 is 0 Å². The number of nitriles is 1. The highest BCUT2D eigenvalue weighted by Gasteiger charge is 2.30. The second kappa shape index (κ2) is 5.73. The van der Waals surface area contributed by atoms with Gasteiger partial charge in [0.2, 0.25) is 10.0 Å². The van der Waals surface area contributed by atoms with Gasteiger partial charge in [0.25, 0.3) is 0 Å². The van der Waals surface area contributed by atoms with Crippen molar-refractivity contribution in [2.45, 2.75) is 36.6 Å². The van der Waals surface area contributed by atoms with Gasteiger partial charge in [-0.15, -0.1) is 0 Å². The summed E-state index contributed by atoms with van der Waals surface area (Å²) in [6, 6.07) is 7.78. The van der Waals surface area contributed by atoms with Crippen molar-refractivity contribution in [3.8, 4) is 6.07 Å². The normalized spacial score (nSPS) is 17.1. The molecule has 0 amide bonds. The van der Waals surface area contributed by atoms with Gasteiger partial charge in [-0.2, -0.15) is 9.57 Å². The van der Waals surface area contributed by atoms with Gasteiger partial charge in [0.1, 0.15) is 5.78 Å². The van der Waals surface area contributed by atoms with Crippen LogP contribution in [0.5, 0.6) is 0 Å². The van der Waals surface area contributed by atoms with Crippen molar-refractivity contribution in [3.63, 3.8) is 0 Å². The minimum Gasteiger partial charge on any atom is -0.300 e. The lowest BCUT2D eigenvalue weighted by molar-refractivity contribution is -0.120. The van der Waals surface area contributed by atoms with E-state index in [1.165, 1.54) is 23.5 Å². The maximum Gasteiger partial charge on any atom is 0.243 e. The Morgan fingerprint density at radius 3 is 2.55 bits per heavy atom. The summed E-state index contributed by atoms with van der Waals surface area (Å²) in [6.45, 7) is 0. The topological polar surface area (TPSA) is 78.2 Å². The number of hydrogen-bond donors (Lipinski definition) is 0. The second-order valence-corrected chi connectivity index (χ2v) is 6.93.